The molecule has 1 aromatic carbocycles. The van der Waals surface area contributed by atoms with Crippen LogP contribution in [-0.2, 0) is 17.9 Å². The van der Waals surface area contributed by atoms with E-state index in [1.807, 2.05) is 29.3 Å². The first kappa shape index (κ1) is 20.2. The number of rotatable bonds is 6. The van der Waals surface area contributed by atoms with Crippen molar-refractivity contribution >= 4 is 23.4 Å². The third kappa shape index (κ3) is 4.90. The average molecular weight is 407 g/mol. The van der Waals surface area contributed by atoms with Gasteiger partial charge in [0.25, 0.3) is 0 Å². The number of aliphatic imine (C=N–C) groups is 1. The smallest absolute Gasteiger partial charge is 0.227 e. The van der Waals surface area contributed by atoms with E-state index in [1.165, 1.54) is 18.4 Å². The Labute approximate surface area is 178 Å². The van der Waals surface area contributed by atoms with Crippen LogP contribution < -0.4 is 20.4 Å². The van der Waals surface area contributed by atoms with Gasteiger partial charge in [-0.1, -0.05) is 12.1 Å². The monoisotopic (exact) mass is 406 g/mol. The van der Waals surface area contributed by atoms with Crippen molar-refractivity contribution in [2.45, 2.75) is 38.8 Å². The van der Waals surface area contributed by atoms with E-state index in [2.05, 4.69) is 43.7 Å². The highest BCUT2D eigenvalue weighted by Crippen LogP contribution is 2.21. The molecule has 2 N–H and O–H groups in total. The quantitative estimate of drug-likeness (QED) is 0.570. The highest BCUT2D eigenvalue weighted by atomic mass is 16.2. The summed E-state index contributed by atoms with van der Waals surface area (Å²) >= 11 is 0. The molecule has 7 nitrogen and oxygen atoms in total. The zero-order valence-electron chi connectivity index (χ0n) is 17.6. The SMILES string of the molecule is CN=C(NCc1ccc(N2CCCC2=O)cc1)NCc1ccnc(N2CCCC2)c1. The minimum atomic E-state index is 0.217. The molecule has 2 saturated heterocycles. The van der Waals surface area contributed by atoms with Crippen molar-refractivity contribution in [1.82, 2.24) is 15.6 Å². The first-order chi connectivity index (χ1) is 14.7. The highest BCUT2D eigenvalue weighted by molar-refractivity contribution is 5.95. The van der Waals surface area contributed by atoms with Crippen LogP contribution in [-0.4, -0.2) is 43.5 Å². The lowest BCUT2D eigenvalue weighted by Gasteiger charge is -2.18. The Hall–Kier alpha value is -3.09. The first-order valence-corrected chi connectivity index (χ1v) is 10.8. The fourth-order valence-electron chi connectivity index (χ4n) is 4.00. The molecule has 0 unspecified atom stereocenters. The number of carbonyl (C=O) groups excluding carboxylic acids is 1. The van der Waals surface area contributed by atoms with Crippen molar-refractivity contribution < 1.29 is 4.79 Å². The van der Waals surface area contributed by atoms with Crippen LogP contribution in [0.3, 0.4) is 0 Å². The predicted molar refractivity (Wildman–Crippen MR) is 121 cm³/mol. The molecule has 0 bridgehead atoms. The van der Waals surface area contributed by atoms with Gasteiger partial charge in [-0.3, -0.25) is 9.79 Å². The molecule has 7 heteroatoms. The summed E-state index contributed by atoms with van der Waals surface area (Å²) in [5.74, 6) is 2.04. The molecule has 4 rings (SSSR count). The van der Waals surface area contributed by atoms with Gasteiger partial charge in [0.1, 0.15) is 5.82 Å². The second-order valence-electron chi connectivity index (χ2n) is 7.81. The second kappa shape index (κ2) is 9.61. The van der Waals surface area contributed by atoms with Crippen molar-refractivity contribution in [3.63, 3.8) is 0 Å². The molecule has 2 aliphatic rings. The Bertz CT molecular complexity index is 889. The van der Waals surface area contributed by atoms with Gasteiger partial charge in [0.05, 0.1) is 0 Å². The summed E-state index contributed by atoms with van der Waals surface area (Å²) in [4.78, 5) is 24.9. The summed E-state index contributed by atoms with van der Waals surface area (Å²) in [5.41, 5.74) is 3.32. The fraction of sp³-hybridized carbons (Fsp3) is 0.435. The number of guanidine groups is 1. The van der Waals surface area contributed by atoms with Gasteiger partial charge in [0.15, 0.2) is 5.96 Å². The standard InChI is InChI=1S/C23H30N6O/c1-24-23(27-17-19-10-11-25-21(15-19)28-12-2-3-13-28)26-16-18-6-8-20(9-7-18)29-14-4-5-22(29)30/h6-11,15H,2-5,12-14,16-17H2,1H3,(H2,24,26,27). The van der Waals surface area contributed by atoms with Crippen LogP contribution in [0.15, 0.2) is 47.6 Å². The van der Waals surface area contributed by atoms with E-state index in [4.69, 9.17) is 0 Å². The van der Waals surface area contributed by atoms with Crippen LogP contribution in [0.25, 0.3) is 0 Å². The average Bonchev–Trinajstić information content (AvgIpc) is 3.47. The molecule has 0 atom stereocenters. The Kier molecular flexibility index (Phi) is 6.47. The molecule has 0 aliphatic carbocycles. The van der Waals surface area contributed by atoms with Gasteiger partial charge in [-0.15, -0.1) is 0 Å². The number of hydrogen-bond donors (Lipinski definition) is 2. The number of nitrogens with zero attached hydrogens (tertiary/aromatic N) is 4. The zero-order valence-corrected chi connectivity index (χ0v) is 17.6. The highest BCUT2D eigenvalue weighted by Gasteiger charge is 2.21. The lowest BCUT2D eigenvalue weighted by atomic mass is 10.2. The van der Waals surface area contributed by atoms with Gasteiger partial charge in [-0.05, 0) is 54.7 Å². The van der Waals surface area contributed by atoms with Crippen molar-refractivity contribution in [3.8, 4) is 0 Å². The fourth-order valence-corrected chi connectivity index (χ4v) is 4.00. The molecule has 30 heavy (non-hydrogen) atoms. The number of nitrogens with one attached hydrogen (secondary N) is 2. The minimum Gasteiger partial charge on any atom is -0.357 e. The summed E-state index contributed by atoms with van der Waals surface area (Å²) in [7, 11) is 1.78. The number of benzene rings is 1. The third-order valence-corrected chi connectivity index (χ3v) is 5.70. The van der Waals surface area contributed by atoms with Gasteiger partial charge in [-0.25, -0.2) is 4.98 Å². The number of aromatic nitrogens is 1. The van der Waals surface area contributed by atoms with Crippen LogP contribution in [0.4, 0.5) is 11.5 Å². The van der Waals surface area contributed by atoms with E-state index in [-0.39, 0.29) is 5.91 Å². The van der Waals surface area contributed by atoms with Gasteiger partial charge >= 0.3 is 0 Å². The summed E-state index contributed by atoms with van der Waals surface area (Å²) in [5, 5.41) is 6.73. The number of amides is 1. The van der Waals surface area contributed by atoms with E-state index < -0.39 is 0 Å². The van der Waals surface area contributed by atoms with Gasteiger partial charge in [0, 0.05) is 58.1 Å². The molecule has 0 radical (unpaired) electrons. The predicted octanol–water partition coefficient (Wildman–Crippen LogP) is 2.67. The Morgan fingerprint density at radius 1 is 1.00 bits per heavy atom. The molecule has 2 aliphatic heterocycles. The van der Waals surface area contributed by atoms with Crippen LogP contribution in [0, 0.1) is 0 Å². The van der Waals surface area contributed by atoms with Gasteiger partial charge in [0.2, 0.25) is 5.91 Å². The van der Waals surface area contributed by atoms with Gasteiger partial charge in [-0.2, -0.15) is 0 Å². The summed E-state index contributed by atoms with van der Waals surface area (Å²) in [6, 6.07) is 12.4. The number of pyridine rings is 1. The van der Waals surface area contributed by atoms with E-state index in [1.54, 1.807) is 7.05 Å². The van der Waals surface area contributed by atoms with Gasteiger partial charge < -0.3 is 20.4 Å². The summed E-state index contributed by atoms with van der Waals surface area (Å²) in [6.07, 6.45) is 5.98. The van der Waals surface area contributed by atoms with Crippen molar-refractivity contribution in [1.29, 1.82) is 0 Å². The number of carbonyl (C=O) groups is 1. The Balaban J connectivity index is 1.28. The maximum atomic E-state index is 11.9. The van der Waals surface area contributed by atoms with Crippen LogP contribution in [0.2, 0.25) is 0 Å². The summed E-state index contributed by atoms with van der Waals surface area (Å²) < 4.78 is 0. The first-order valence-electron chi connectivity index (χ1n) is 10.8. The van der Waals surface area contributed by atoms with E-state index in [0.717, 1.165) is 49.1 Å². The molecule has 1 aromatic heterocycles. The van der Waals surface area contributed by atoms with Crippen LogP contribution in [0.1, 0.15) is 36.8 Å². The van der Waals surface area contributed by atoms with Crippen LogP contribution >= 0.6 is 0 Å². The minimum absolute atomic E-state index is 0.217. The molecule has 2 aromatic rings. The molecule has 2 fully saturated rings. The maximum absolute atomic E-state index is 11.9. The second-order valence-corrected chi connectivity index (χ2v) is 7.81. The molecule has 0 spiro atoms. The molecule has 1 amide bonds. The topological polar surface area (TPSA) is 72.9 Å². The van der Waals surface area contributed by atoms with Crippen LogP contribution in [0.5, 0.6) is 0 Å². The Morgan fingerprint density at radius 3 is 2.40 bits per heavy atom. The molecule has 0 saturated carbocycles. The molecular weight excluding hydrogens is 376 g/mol. The third-order valence-electron chi connectivity index (χ3n) is 5.70. The summed E-state index contributed by atoms with van der Waals surface area (Å²) in [6.45, 7) is 4.37. The van der Waals surface area contributed by atoms with Crippen molar-refractivity contribution in [3.05, 3.63) is 53.7 Å². The normalized spacial score (nSPS) is 17.0. The zero-order chi connectivity index (χ0) is 20.8. The number of hydrogen-bond acceptors (Lipinski definition) is 4. The van der Waals surface area contributed by atoms with E-state index in [0.29, 0.717) is 19.5 Å². The Morgan fingerprint density at radius 2 is 1.73 bits per heavy atom. The van der Waals surface area contributed by atoms with E-state index in [9.17, 15) is 4.79 Å². The van der Waals surface area contributed by atoms with E-state index >= 15 is 0 Å². The molecule has 3 heterocycles. The molecular formula is C23H30N6O. The lowest BCUT2D eigenvalue weighted by Crippen LogP contribution is -2.36. The molecule has 158 valence electrons. The van der Waals surface area contributed by atoms with Crippen molar-refractivity contribution in [2.24, 2.45) is 4.99 Å². The maximum Gasteiger partial charge on any atom is 0.227 e. The lowest BCUT2D eigenvalue weighted by molar-refractivity contribution is -0.117. The number of anilines is 2. The largest absolute Gasteiger partial charge is 0.357 e. The van der Waals surface area contributed by atoms with Crippen molar-refractivity contribution in [2.75, 3.05) is 36.5 Å².